The molecule has 1 aromatic rings. The Morgan fingerprint density at radius 1 is 1.32 bits per heavy atom. The SMILES string of the molecule is CCNCc1ccc(CN(CC(F)(F)F)C2CC2)o1. The molecule has 19 heavy (non-hydrogen) atoms. The van der Waals surface area contributed by atoms with Gasteiger partial charge in [-0.1, -0.05) is 6.92 Å². The Morgan fingerprint density at radius 3 is 2.58 bits per heavy atom. The molecule has 1 aliphatic rings. The molecule has 1 aromatic heterocycles. The first kappa shape index (κ1) is 14.4. The molecule has 1 saturated carbocycles. The van der Waals surface area contributed by atoms with E-state index in [1.807, 2.05) is 13.0 Å². The summed E-state index contributed by atoms with van der Waals surface area (Å²) in [6, 6.07) is 3.64. The minimum absolute atomic E-state index is 0.0592. The minimum atomic E-state index is -4.15. The second-order valence-electron chi connectivity index (χ2n) is 4.90. The van der Waals surface area contributed by atoms with Gasteiger partial charge in [0.25, 0.3) is 0 Å². The van der Waals surface area contributed by atoms with E-state index in [0.717, 1.165) is 25.1 Å². The van der Waals surface area contributed by atoms with Crippen molar-refractivity contribution in [2.45, 2.75) is 45.1 Å². The normalized spacial score (nSPS) is 16.3. The van der Waals surface area contributed by atoms with Crippen molar-refractivity contribution in [2.75, 3.05) is 13.1 Å². The average molecular weight is 276 g/mol. The standard InChI is InChI=1S/C13H19F3N2O/c1-2-17-7-11-5-6-12(19-11)8-18(10-3-4-10)9-13(14,15)16/h5-6,10,17H,2-4,7-9H2,1H3. The van der Waals surface area contributed by atoms with Crippen LogP contribution in [0, 0.1) is 0 Å². The number of furan rings is 1. The van der Waals surface area contributed by atoms with E-state index in [9.17, 15) is 13.2 Å². The molecule has 1 fully saturated rings. The van der Waals surface area contributed by atoms with Crippen molar-refractivity contribution in [1.82, 2.24) is 10.2 Å². The fraction of sp³-hybridized carbons (Fsp3) is 0.692. The van der Waals surface area contributed by atoms with E-state index in [2.05, 4.69) is 5.32 Å². The molecule has 0 bridgehead atoms. The van der Waals surface area contributed by atoms with Crippen molar-refractivity contribution in [3.05, 3.63) is 23.7 Å². The number of hydrogen-bond acceptors (Lipinski definition) is 3. The van der Waals surface area contributed by atoms with Crippen LogP contribution in [0.5, 0.6) is 0 Å². The summed E-state index contributed by atoms with van der Waals surface area (Å²) < 4.78 is 43.0. The maximum Gasteiger partial charge on any atom is 0.401 e. The van der Waals surface area contributed by atoms with Gasteiger partial charge in [0.05, 0.1) is 19.6 Å². The first-order chi connectivity index (χ1) is 8.98. The summed E-state index contributed by atoms with van der Waals surface area (Å²) in [7, 11) is 0. The molecule has 3 nitrogen and oxygen atoms in total. The van der Waals surface area contributed by atoms with Gasteiger partial charge in [-0.2, -0.15) is 13.2 Å². The van der Waals surface area contributed by atoms with Gasteiger partial charge in [-0.3, -0.25) is 4.90 Å². The summed E-state index contributed by atoms with van der Waals surface area (Å²) in [6.45, 7) is 2.80. The molecule has 0 aliphatic heterocycles. The van der Waals surface area contributed by atoms with E-state index in [-0.39, 0.29) is 12.6 Å². The Kier molecular flexibility index (Phi) is 4.52. The van der Waals surface area contributed by atoms with Crippen LogP contribution in [0.4, 0.5) is 13.2 Å². The zero-order chi connectivity index (χ0) is 13.9. The summed E-state index contributed by atoms with van der Waals surface area (Å²) in [5.41, 5.74) is 0. The van der Waals surface area contributed by atoms with Crippen molar-refractivity contribution in [2.24, 2.45) is 0 Å². The molecule has 0 saturated heterocycles. The molecular weight excluding hydrogens is 257 g/mol. The topological polar surface area (TPSA) is 28.4 Å². The summed E-state index contributed by atoms with van der Waals surface area (Å²) in [4.78, 5) is 1.45. The zero-order valence-electron chi connectivity index (χ0n) is 11.0. The van der Waals surface area contributed by atoms with Gasteiger partial charge in [-0.25, -0.2) is 0 Å². The summed E-state index contributed by atoms with van der Waals surface area (Å²) in [5.74, 6) is 1.36. The van der Waals surface area contributed by atoms with Gasteiger partial charge in [0, 0.05) is 6.04 Å². The molecule has 6 heteroatoms. The molecule has 0 amide bonds. The van der Waals surface area contributed by atoms with E-state index >= 15 is 0 Å². The lowest BCUT2D eigenvalue weighted by atomic mass is 10.3. The predicted molar refractivity (Wildman–Crippen MR) is 65.6 cm³/mol. The van der Waals surface area contributed by atoms with Crippen LogP contribution in [0.15, 0.2) is 16.5 Å². The molecule has 2 rings (SSSR count). The van der Waals surface area contributed by atoms with Crippen LogP contribution in [0.3, 0.4) is 0 Å². The van der Waals surface area contributed by atoms with E-state index < -0.39 is 12.7 Å². The number of hydrogen-bond donors (Lipinski definition) is 1. The van der Waals surface area contributed by atoms with Crippen LogP contribution in [0.25, 0.3) is 0 Å². The van der Waals surface area contributed by atoms with Crippen molar-refractivity contribution in [1.29, 1.82) is 0 Å². The average Bonchev–Trinajstić information content (AvgIpc) is 3.07. The van der Waals surface area contributed by atoms with Gasteiger partial charge < -0.3 is 9.73 Å². The van der Waals surface area contributed by atoms with Crippen molar-refractivity contribution in [3.8, 4) is 0 Å². The quantitative estimate of drug-likeness (QED) is 0.830. The second kappa shape index (κ2) is 5.96. The van der Waals surface area contributed by atoms with E-state index in [0.29, 0.717) is 12.3 Å². The Morgan fingerprint density at radius 2 is 2.00 bits per heavy atom. The van der Waals surface area contributed by atoms with Crippen LogP contribution >= 0.6 is 0 Å². The fourth-order valence-corrected chi connectivity index (χ4v) is 2.03. The Balaban J connectivity index is 1.91. The van der Waals surface area contributed by atoms with E-state index in [1.54, 1.807) is 6.07 Å². The number of alkyl halides is 3. The van der Waals surface area contributed by atoms with Gasteiger partial charge >= 0.3 is 6.18 Å². The zero-order valence-corrected chi connectivity index (χ0v) is 11.0. The van der Waals surface area contributed by atoms with Gasteiger partial charge in [0.15, 0.2) is 0 Å². The van der Waals surface area contributed by atoms with Crippen molar-refractivity contribution >= 4 is 0 Å². The minimum Gasteiger partial charge on any atom is -0.463 e. The number of halogens is 3. The van der Waals surface area contributed by atoms with E-state index in [1.165, 1.54) is 4.90 Å². The third-order valence-electron chi connectivity index (χ3n) is 3.07. The van der Waals surface area contributed by atoms with E-state index in [4.69, 9.17) is 4.42 Å². The number of rotatable bonds is 7. The highest BCUT2D eigenvalue weighted by Crippen LogP contribution is 2.31. The molecule has 1 N–H and O–H groups in total. The number of nitrogens with one attached hydrogen (secondary N) is 1. The molecule has 0 radical (unpaired) electrons. The van der Waals surface area contributed by atoms with Crippen LogP contribution < -0.4 is 5.32 Å². The highest BCUT2D eigenvalue weighted by molar-refractivity contribution is 5.07. The third kappa shape index (κ3) is 4.87. The first-order valence-electron chi connectivity index (χ1n) is 6.57. The molecule has 0 unspecified atom stereocenters. The van der Waals surface area contributed by atoms with Crippen molar-refractivity contribution < 1.29 is 17.6 Å². The lowest BCUT2D eigenvalue weighted by Gasteiger charge is -2.22. The Hall–Kier alpha value is -1.01. The molecule has 0 atom stereocenters. The lowest BCUT2D eigenvalue weighted by molar-refractivity contribution is -0.148. The van der Waals surface area contributed by atoms with Gasteiger partial charge in [-0.05, 0) is 31.5 Å². The molecule has 0 aromatic carbocycles. The summed E-state index contributed by atoms with van der Waals surface area (Å²) in [5, 5.41) is 3.12. The van der Waals surface area contributed by atoms with Gasteiger partial charge in [-0.15, -0.1) is 0 Å². The molecule has 1 heterocycles. The highest BCUT2D eigenvalue weighted by atomic mass is 19.4. The highest BCUT2D eigenvalue weighted by Gasteiger charge is 2.38. The maximum atomic E-state index is 12.5. The Bertz CT molecular complexity index is 399. The molecular formula is C13H19F3N2O. The largest absolute Gasteiger partial charge is 0.463 e. The fourth-order valence-electron chi connectivity index (χ4n) is 2.03. The molecule has 0 spiro atoms. The van der Waals surface area contributed by atoms with Crippen molar-refractivity contribution in [3.63, 3.8) is 0 Å². The van der Waals surface area contributed by atoms with Crippen LogP contribution in [0.1, 0.15) is 31.3 Å². The molecule has 108 valence electrons. The first-order valence-corrected chi connectivity index (χ1v) is 6.57. The smallest absolute Gasteiger partial charge is 0.401 e. The van der Waals surface area contributed by atoms with Crippen LogP contribution in [-0.4, -0.2) is 30.2 Å². The predicted octanol–water partition coefficient (Wildman–Crippen LogP) is 2.92. The summed E-state index contributed by atoms with van der Waals surface area (Å²) in [6.07, 6.45) is -2.45. The van der Waals surface area contributed by atoms with Crippen LogP contribution in [-0.2, 0) is 13.1 Å². The van der Waals surface area contributed by atoms with Crippen LogP contribution in [0.2, 0.25) is 0 Å². The Labute approximate surface area is 110 Å². The third-order valence-corrected chi connectivity index (χ3v) is 3.07. The maximum absolute atomic E-state index is 12.5. The van der Waals surface area contributed by atoms with Gasteiger partial charge in [0.1, 0.15) is 11.5 Å². The molecule has 1 aliphatic carbocycles. The lowest BCUT2D eigenvalue weighted by Crippen LogP contribution is -2.35. The van der Waals surface area contributed by atoms with Gasteiger partial charge in [0.2, 0.25) is 0 Å². The monoisotopic (exact) mass is 276 g/mol. The second-order valence-corrected chi connectivity index (χ2v) is 4.90. The summed E-state index contributed by atoms with van der Waals surface area (Å²) >= 11 is 0. The number of nitrogens with zero attached hydrogens (tertiary/aromatic N) is 1.